The van der Waals surface area contributed by atoms with Crippen molar-refractivity contribution in [1.29, 1.82) is 0 Å². The number of nitro groups is 1. The number of likely N-dealkylation sites (tertiary alicyclic amines) is 1. The van der Waals surface area contributed by atoms with Gasteiger partial charge >= 0.3 is 5.69 Å². The number of hydrogen-bond donors (Lipinski definition) is 1. The van der Waals surface area contributed by atoms with E-state index in [1.807, 2.05) is 6.92 Å². The molecule has 126 valence electrons. The number of benzene rings is 1. The Morgan fingerprint density at radius 3 is 2.83 bits per heavy atom. The highest BCUT2D eigenvalue weighted by molar-refractivity contribution is 5.78. The van der Waals surface area contributed by atoms with Crippen molar-refractivity contribution in [3.05, 3.63) is 28.3 Å². The molecule has 1 amide bonds. The van der Waals surface area contributed by atoms with Crippen LogP contribution in [0.4, 0.5) is 5.69 Å². The number of carbonyl (C=O) groups excluding carboxylic acids is 1. The number of hydrogen-bond acceptors (Lipinski definition) is 6. The second-order valence-electron chi connectivity index (χ2n) is 5.61. The van der Waals surface area contributed by atoms with E-state index in [1.54, 1.807) is 4.90 Å². The van der Waals surface area contributed by atoms with Gasteiger partial charge in [-0.15, -0.1) is 0 Å². The molecule has 0 saturated carbocycles. The van der Waals surface area contributed by atoms with Crippen molar-refractivity contribution in [3.63, 3.8) is 0 Å². The van der Waals surface area contributed by atoms with E-state index >= 15 is 0 Å². The summed E-state index contributed by atoms with van der Waals surface area (Å²) in [6, 6.07) is 4.29. The van der Waals surface area contributed by atoms with Crippen molar-refractivity contribution in [2.45, 2.75) is 19.4 Å². The van der Waals surface area contributed by atoms with Crippen LogP contribution < -0.4 is 15.2 Å². The maximum Gasteiger partial charge on any atom is 0.311 e. The molecule has 2 N–H and O–H groups in total. The number of amides is 1. The van der Waals surface area contributed by atoms with Gasteiger partial charge in [0.2, 0.25) is 5.75 Å². The van der Waals surface area contributed by atoms with Crippen LogP contribution in [-0.4, -0.2) is 48.6 Å². The lowest BCUT2D eigenvalue weighted by Gasteiger charge is -2.21. The smallest absolute Gasteiger partial charge is 0.311 e. The van der Waals surface area contributed by atoms with Crippen molar-refractivity contribution in [2.24, 2.45) is 11.7 Å². The van der Waals surface area contributed by atoms with E-state index in [1.165, 1.54) is 25.3 Å². The van der Waals surface area contributed by atoms with Crippen molar-refractivity contribution < 1.29 is 19.2 Å². The molecule has 8 heteroatoms. The van der Waals surface area contributed by atoms with E-state index in [2.05, 4.69) is 0 Å². The number of carbonyl (C=O) groups is 1. The lowest BCUT2D eigenvalue weighted by Crippen LogP contribution is -2.37. The number of rotatable bonds is 6. The van der Waals surface area contributed by atoms with Crippen molar-refractivity contribution in [1.82, 2.24) is 4.90 Å². The first kappa shape index (κ1) is 17.0. The van der Waals surface area contributed by atoms with E-state index in [0.29, 0.717) is 24.8 Å². The average molecular weight is 323 g/mol. The van der Waals surface area contributed by atoms with E-state index in [4.69, 9.17) is 15.2 Å². The summed E-state index contributed by atoms with van der Waals surface area (Å²) >= 11 is 0. The predicted molar refractivity (Wildman–Crippen MR) is 83.5 cm³/mol. The third-order valence-electron chi connectivity index (χ3n) is 4.03. The maximum absolute atomic E-state index is 12.2. The Kier molecular flexibility index (Phi) is 5.38. The lowest BCUT2D eigenvalue weighted by atomic mass is 10.1. The van der Waals surface area contributed by atoms with E-state index < -0.39 is 4.92 Å². The van der Waals surface area contributed by atoms with Crippen LogP contribution in [0.3, 0.4) is 0 Å². The molecule has 0 aliphatic carbocycles. The summed E-state index contributed by atoms with van der Waals surface area (Å²) in [5, 5.41) is 10.8. The topological polar surface area (TPSA) is 108 Å². The van der Waals surface area contributed by atoms with Gasteiger partial charge in [-0.25, -0.2) is 0 Å². The number of ether oxygens (including phenoxy) is 2. The standard InChI is InChI=1S/C15H21N3O5/c1-10-5-11(7-16)8-17(10)15(19)9-23-12-3-4-13(18(20)21)14(6-12)22-2/h3-4,6,10-11H,5,7-9,16H2,1-2H3. The highest BCUT2D eigenvalue weighted by Crippen LogP contribution is 2.31. The Hall–Kier alpha value is -2.35. The molecule has 1 heterocycles. The van der Waals surface area contributed by atoms with Gasteiger partial charge in [-0.05, 0) is 31.9 Å². The van der Waals surface area contributed by atoms with Crippen LogP contribution in [0.25, 0.3) is 0 Å². The highest BCUT2D eigenvalue weighted by atomic mass is 16.6. The molecule has 1 fully saturated rings. The molecule has 1 aromatic rings. The zero-order chi connectivity index (χ0) is 17.0. The molecule has 1 aromatic carbocycles. The van der Waals surface area contributed by atoms with Crippen LogP contribution in [0.5, 0.6) is 11.5 Å². The number of methoxy groups -OCH3 is 1. The number of nitrogens with zero attached hydrogens (tertiary/aromatic N) is 2. The first-order chi connectivity index (χ1) is 11.0. The first-order valence-corrected chi connectivity index (χ1v) is 7.41. The zero-order valence-corrected chi connectivity index (χ0v) is 13.2. The van der Waals surface area contributed by atoms with Crippen LogP contribution in [0.2, 0.25) is 0 Å². The molecule has 0 spiro atoms. The Morgan fingerprint density at radius 2 is 2.26 bits per heavy atom. The fourth-order valence-electron chi connectivity index (χ4n) is 2.79. The number of nitrogens with two attached hydrogens (primary N) is 1. The molecule has 0 radical (unpaired) electrons. The van der Waals surface area contributed by atoms with Crippen molar-refractivity contribution in [2.75, 3.05) is 26.8 Å². The van der Waals surface area contributed by atoms with Crippen LogP contribution in [-0.2, 0) is 4.79 Å². The monoisotopic (exact) mass is 323 g/mol. The summed E-state index contributed by atoms with van der Waals surface area (Å²) in [6.45, 7) is 3.07. The van der Waals surface area contributed by atoms with Gasteiger partial charge in [-0.3, -0.25) is 14.9 Å². The Balaban J connectivity index is 1.98. The van der Waals surface area contributed by atoms with Gasteiger partial charge in [0.05, 0.1) is 12.0 Å². The highest BCUT2D eigenvalue weighted by Gasteiger charge is 2.31. The molecule has 1 saturated heterocycles. The maximum atomic E-state index is 12.2. The second-order valence-corrected chi connectivity index (χ2v) is 5.61. The van der Waals surface area contributed by atoms with Crippen LogP contribution in [0.15, 0.2) is 18.2 Å². The average Bonchev–Trinajstić information content (AvgIpc) is 2.93. The largest absolute Gasteiger partial charge is 0.490 e. The van der Waals surface area contributed by atoms with E-state index in [9.17, 15) is 14.9 Å². The molecule has 0 bridgehead atoms. The zero-order valence-electron chi connectivity index (χ0n) is 13.2. The first-order valence-electron chi connectivity index (χ1n) is 7.41. The van der Waals surface area contributed by atoms with Gasteiger partial charge < -0.3 is 20.1 Å². The minimum Gasteiger partial charge on any atom is -0.490 e. The van der Waals surface area contributed by atoms with Crippen LogP contribution in [0.1, 0.15) is 13.3 Å². The minimum absolute atomic E-state index is 0.0951. The third kappa shape index (κ3) is 3.89. The Morgan fingerprint density at radius 1 is 1.52 bits per heavy atom. The quantitative estimate of drug-likeness (QED) is 0.622. The SMILES string of the molecule is COc1cc(OCC(=O)N2CC(CN)CC2C)ccc1[N+](=O)[O-]. The molecular formula is C15H21N3O5. The summed E-state index contributed by atoms with van der Waals surface area (Å²) in [5.74, 6) is 0.653. The van der Waals surface area contributed by atoms with Gasteiger partial charge in [0.1, 0.15) is 5.75 Å². The fraction of sp³-hybridized carbons (Fsp3) is 0.533. The summed E-state index contributed by atoms with van der Waals surface area (Å²) in [4.78, 5) is 24.3. The van der Waals surface area contributed by atoms with Crippen molar-refractivity contribution >= 4 is 11.6 Å². The molecule has 2 unspecified atom stereocenters. The molecule has 8 nitrogen and oxygen atoms in total. The van der Waals surface area contributed by atoms with Gasteiger partial charge in [-0.1, -0.05) is 0 Å². The summed E-state index contributed by atoms with van der Waals surface area (Å²) < 4.78 is 10.4. The van der Waals surface area contributed by atoms with Crippen molar-refractivity contribution in [3.8, 4) is 11.5 Å². The predicted octanol–water partition coefficient (Wildman–Crippen LogP) is 1.18. The molecule has 2 rings (SSSR count). The van der Waals surface area contributed by atoms with E-state index in [0.717, 1.165) is 6.42 Å². The summed E-state index contributed by atoms with van der Waals surface area (Å²) in [5.41, 5.74) is 5.51. The number of nitro benzene ring substituents is 1. The fourth-order valence-corrected chi connectivity index (χ4v) is 2.79. The van der Waals surface area contributed by atoms with E-state index in [-0.39, 0.29) is 30.0 Å². The molecule has 0 aromatic heterocycles. The Bertz CT molecular complexity index is 592. The minimum atomic E-state index is -0.535. The van der Waals surface area contributed by atoms with Gasteiger partial charge in [-0.2, -0.15) is 0 Å². The van der Waals surface area contributed by atoms with Gasteiger partial charge in [0.15, 0.2) is 6.61 Å². The van der Waals surface area contributed by atoms with Gasteiger partial charge in [0.25, 0.3) is 5.91 Å². The lowest BCUT2D eigenvalue weighted by molar-refractivity contribution is -0.385. The normalized spacial score (nSPS) is 20.4. The molecule has 1 aliphatic rings. The summed E-state index contributed by atoms with van der Waals surface area (Å²) in [6.07, 6.45) is 0.896. The molecule has 1 aliphatic heterocycles. The molecular weight excluding hydrogens is 302 g/mol. The second kappa shape index (κ2) is 7.28. The Labute approximate surface area is 134 Å². The molecule has 2 atom stereocenters. The third-order valence-corrected chi connectivity index (χ3v) is 4.03. The van der Waals surface area contributed by atoms with Crippen LogP contribution >= 0.6 is 0 Å². The summed E-state index contributed by atoms with van der Waals surface area (Å²) in [7, 11) is 1.34. The molecule has 23 heavy (non-hydrogen) atoms. The van der Waals surface area contributed by atoms with Crippen LogP contribution in [0, 0.1) is 16.0 Å². The van der Waals surface area contributed by atoms with Gasteiger partial charge in [0, 0.05) is 24.7 Å².